The lowest BCUT2D eigenvalue weighted by Crippen LogP contribution is -2.28. The van der Waals surface area contributed by atoms with Crippen molar-refractivity contribution in [2.75, 3.05) is 26.7 Å². The second-order valence-electron chi connectivity index (χ2n) is 5.99. The summed E-state index contributed by atoms with van der Waals surface area (Å²) in [5, 5.41) is 9.35. The normalized spacial score (nSPS) is 28.5. The largest absolute Gasteiger partial charge is 0.508 e. The molecule has 1 aromatic rings. The fourth-order valence-corrected chi connectivity index (χ4v) is 3.72. The summed E-state index contributed by atoms with van der Waals surface area (Å²) in [6.07, 6.45) is 4.37. The number of ether oxygens (including phenoxy) is 1. The van der Waals surface area contributed by atoms with Crippen LogP contribution >= 0.6 is 0 Å². The standard InChI is InChI=1S/C16H23NO2/c1-19-16(12-5-7-15(18)8-6-12)11-17-9-13-3-2-4-14(13)10-17/h5-8,13-14,16,18H,2-4,9-11H2,1H3/t13-,14?,16?/m1/s1. The summed E-state index contributed by atoms with van der Waals surface area (Å²) < 4.78 is 5.64. The molecule has 1 N–H and O–H groups in total. The molecule has 3 nitrogen and oxygen atoms in total. The first-order chi connectivity index (χ1) is 9.26. The highest BCUT2D eigenvalue weighted by atomic mass is 16.5. The van der Waals surface area contributed by atoms with Crippen LogP contribution < -0.4 is 0 Å². The SMILES string of the molecule is COC(CN1CC2CCC[C@@H]2C1)c1ccc(O)cc1. The van der Waals surface area contributed by atoms with E-state index >= 15 is 0 Å². The van der Waals surface area contributed by atoms with Crippen molar-refractivity contribution in [1.82, 2.24) is 4.90 Å². The maximum Gasteiger partial charge on any atom is 0.115 e. The van der Waals surface area contributed by atoms with Crippen LogP contribution in [-0.4, -0.2) is 36.8 Å². The van der Waals surface area contributed by atoms with Crippen molar-refractivity contribution in [2.24, 2.45) is 11.8 Å². The highest BCUT2D eigenvalue weighted by Gasteiger charge is 2.36. The van der Waals surface area contributed by atoms with E-state index < -0.39 is 0 Å². The van der Waals surface area contributed by atoms with Gasteiger partial charge in [0.1, 0.15) is 5.75 Å². The third-order valence-electron chi connectivity index (χ3n) is 4.78. The molecule has 0 aromatic heterocycles. The van der Waals surface area contributed by atoms with Crippen molar-refractivity contribution < 1.29 is 9.84 Å². The maximum atomic E-state index is 9.35. The Morgan fingerprint density at radius 3 is 2.42 bits per heavy atom. The van der Waals surface area contributed by atoms with Crippen molar-refractivity contribution in [3.05, 3.63) is 29.8 Å². The first kappa shape index (κ1) is 12.9. The number of phenolic OH excluding ortho intramolecular Hbond substituents is 1. The first-order valence-corrected chi connectivity index (χ1v) is 7.30. The van der Waals surface area contributed by atoms with Crippen molar-refractivity contribution in [3.63, 3.8) is 0 Å². The topological polar surface area (TPSA) is 32.7 Å². The molecule has 1 heterocycles. The van der Waals surface area contributed by atoms with Crippen LogP contribution in [0, 0.1) is 11.8 Å². The van der Waals surface area contributed by atoms with Gasteiger partial charge in [-0.2, -0.15) is 0 Å². The number of likely N-dealkylation sites (tertiary alicyclic amines) is 1. The predicted octanol–water partition coefficient (Wildman–Crippen LogP) is 2.81. The molecule has 2 fully saturated rings. The summed E-state index contributed by atoms with van der Waals surface area (Å²) in [6.45, 7) is 3.44. The third-order valence-corrected chi connectivity index (χ3v) is 4.78. The predicted molar refractivity (Wildman–Crippen MR) is 75.1 cm³/mol. The Morgan fingerprint density at radius 1 is 1.21 bits per heavy atom. The van der Waals surface area contributed by atoms with E-state index in [4.69, 9.17) is 4.74 Å². The Labute approximate surface area is 115 Å². The second kappa shape index (κ2) is 5.51. The fourth-order valence-electron chi connectivity index (χ4n) is 3.72. The van der Waals surface area contributed by atoms with Crippen molar-refractivity contribution in [3.8, 4) is 5.75 Å². The highest BCUT2D eigenvalue weighted by molar-refractivity contribution is 5.27. The molecule has 1 aliphatic carbocycles. The monoisotopic (exact) mass is 261 g/mol. The van der Waals surface area contributed by atoms with Crippen LogP contribution in [0.4, 0.5) is 0 Å². The molecule has 104 valence electrons. The number of benzene rings is 1. The summed E-state index contributed by atoms with van der Waals surface area (Å²) >= 11 is 0. The summed E-state index contributed by atoms with van der Waals surface area (Å²) in [6, 6.07) is 7.39. The van der Waals surface area contributed by atoms with Gasteiger partial charge >= 0.3 is 0 Å². The van der Waals surface area contributed by atoms with E-state index in [1.165, 1.54) is 32.4 Å². The molecule has 1 saturated heterocycles. The summed E-state index contributed by atoms with van der Waals surface area (Å²) in [7, 11) is 1.77. The summed E-state index contributed by atoms with van der Waals surface area (Å²) in [5.41, 5.74) is 1.15. The first-order valence-electron chi connectivity index (χ1n) is 7.30. The molecule has 2 aliphatic rings. The van der Waals surface area contributed by atoms with Gasteiger partial charge in [0.2, 0.25) is 0 Å². The zero-order valence-corrected chi connectivity index (χ0v) is 11.6. The number of fused-ring (bicyclic) bond motifs is 1. The highest BCUT2D eigenvalue weighted by Crippen LogP contribution is 2.38. The third kappa shape index (κ3) is 2.77. The van der Waals surface area contributed by atoms with Crippen LogP contribution in [0.3, 0.4) is 0 Å². The molecule has 1 aliphatic heterocycles. The molecule has 0 bridgehead atoms. The molecule has 0 radical (unpaired) electrons. The molecular weight excluding hydrogens is 238 g/mol. The van der Waals surface area contributed by atoms with Gasteiger partial charge in [0.25, 0.3) is 0 Å². The zero-order valence-electron chi connectivity index (χ0n) is 11.6. The van der Waals surface area contributed by atoms with Gasteiger partial charge in [0.15, 0.2) is 0 Å². The molecule has 19 heavy (non-hydrogen) atoms. The van der Waals surface area contributed by atoms with E-state index in [1.54, 1.807) is 19.2 Å². The Balaban J connectivity index is 1.62. The lowest BCUT2D eigenvalue weighted by Gasteiger charge is -2.23. The maximum absolute atomic E-state index is 9.35. The van der Waals surface area contributed by atoms with E-state index in [-0.39, 0.29) is 6.10 Å². The van der Waals surface area contributed by atoms with Crippen molar-refractivity contribution in [1.29, 1.82) is 0 Å². The Bertz CT molecular complexity index is 405. The van der Waals surface area contributed by atoms with E-state index in [2.05, 4.69) is 4.90 Å². The average Bonchev–Trinajstić information content (AvgIpc) is 2.98. The molecule has 1 aromatic carbocycles. The number of nitrogens with zero attached hydrogens (tertiary/aromatic N) is 1. The fraction of sp³-hybridized carbons (Fsp3) is 0.625. The molecule has 3 heteroatoms. The number of hydrogen-bond acceptors (Lipinski definition) is 3. The van der Waals surface area contributed by atoms with Crippen LogP contribution in [0.1, 0.15) is 30.9 Å². The quantitative estimate of drug-likeness (QED) is 0.904. The number of rotatable bonds is 4. The van der Waals surface area contributed by atoms with Gasteiger partial charge in [-0.3, -0.25) is 4.90 Å². The summed E-state index contributed by atoms with van der Waals surface area (Å²) in [5.74, 6) is 2.17. The van der Waals surface area contributed by atoms with E-state index in [0.29, 0.717) is 5.75 Å². The van der Waals surface area contributed by atoms with Gasteiger partial charge < -0.3 is 9.84 Å². The Kier molecular flexibility index (Phi) is 3.76. The molecule has 3 rings (SSSR count). The van der Waals surface area contributed by atoms with Crippen molar-refractivity contribution in [2.45, 2.75) is 25.4 Å². The van der Waals surface area contributed by atoms with E-state index in [1.807, 2.05) is 12.1 Å². The van der Waals surface area contributed by atoms with E-state index in [9.17, 15) is 5.11 Å². The number of aromatic hydroxyl groups is 1. The lowest BCUT2D eigenvalue weighted by atomic mass is 10.0. The van der Waals surface area contributed by atoms with Gasteiger partial charge in [-0.15, -0.1) is 0 Å². The van der Waals surface area contributed by atoms with E-state index in [0.717, 1.165) is 23.9 Å². The van der Waals surface area contributed by atoms with Crippen LogP contribution in [0.25, 0.3) is 0 Å². The smallest absolute Gasteiger partial charge is 0.115 e. The van der Waals surface area contributed by atoms with Crippen LogP contribution in [0.5, 0.6) is 5.75 Å². The minimum Gasteiger partial charge on any atom is -0.508 e. The van der Waals surface area contributed by atoms with Gasteiger partial charge in [-0.25, -0.2) is 0 Å². The number of methoxy groups -OCH3 is 1. The van der Waals surface area contributed by atoms with Crippen LogP contribution in [-0.2, 0) is 4.74 Å². The van der Waals surface area contributed by atoms with Gasteiger partial charge in [-0.05, 0) is 42.4 Å². The molecule has 1 saturated carbocycles. The van der Waals surface area contributed by atoms with Gasteiger partial charge in [-0.1, -0.05) is 18.6 Å². The molecular formula is C16H23NO2. The number of phenols is 1. The molecule has 0 spiro atoms. The summed E-state index contributed by atoms with van der Waals surface area (Å²) in [4.78, 5) is 2.55. The Hall–Kier alpha value is -1.06. The van der Waals surface area contributed by atoms with Gasteiger partial charge in [0, 0.05) is 26.7 Å². The average molecular weight is 261 g/mol. The van der Waals surface area contributed by atoms with Gasteiger partial charge in [0.05, 0.1) is 6.10 Å². The molecule has 0 amide bonds. The molecule has 3 atom stereocenters. The minimum absolute atomic E-state index is 0.111. The minimum atomic E-state index is 0.111. The van der Waals surface area contributed by atoms with Crippen LogP contribution in [0.2, 0.25) is 0 Å². The Morgan fingerprint density at radius 2 is 1.84 bits per heavy atom. The number of hydrogen-bond donors (Lipinski definition) is 1. The zero-order chi connectivity index (χ0) is 13.2. The second-order valence-corrected chi connectivity index (χ2v) is 5.99. The molecule has 2 unspecified atom stereocenters. The van der Waals surface area contributed by atoms with Crippen molar-refractivity contribution >= 4 is 0 Å². The lowest BCUT2D eigenvalue weighted by molar-refractivity contribution is 0.0686. The van der Waals surface area contributed by atoms with Crippen LogP contribution in [0.15, 0.2) is 24.3 Å².